The lowest BCUT2D eigenvalue weighted by molar-refractivity contribution is -0.0221. The van der Waals surface area contributed by atoms with Gasteiger partial charge >= 0.3 is 0 Å². The summed E-state index contributed by atoms with van der Waals surface area (Å²) in [5.74, 6) is 0. The van der Waals surface area contributed by atoms with E-state index < -0.39 is 24.5 Å². The molecule has 1 aliphatic rings. The number of aliphatic hydroxyl groups is 3. The SMILES string of the molecule is [NH]C1O[C@H](CO)[C@@H](O)[C@H]1O. The molecule has 0 aromatic carbocycles. The van der Waals surface area contributed by atoms with E-state index in [4.69, 9.17) is 21.1 Å². The number of aliphatic hydroxyl groups excluding tert-OH is 3. The third kappa shape index (κ3) is 1.14. The maximum atomic E-state index is 8.97. The Bertz CT molecular complexity index is 120. The second-order valence-electron chi connectivity index (χ2n) is 2.26. The van der Waals surface area contributed by atoms with Crippen LogP contribution in [0.1, 0.15) is 0 Å². The monoisotopic (exact) mass is 148 g/mol. The van der Waals surface area contributed by atoms with Crippen molar-refractivity contribution in [2.45, 2.75) is 24.5 Å². The highest BCUT2D eigenvalue weighted by atomic mass is 16.6. The summed E-state index contributed by atoms with van der Waals surface area (Å²) in [6.07, 6.45) is -4.27. The highest BCUT2D eigenvalue weighted by molar-refractivity contribution is 4.86. The van der Waals surface area contributed by atoms with Crippen LogP contribution in [0.15, 0.2) is 0 Å². The van der Waals surface area contributed by atoms with Gasteiger partial charge in [-0.05, 0) is 0 Å². The van der Waals surface area contributed by atoms with E-state index in [0.717, 1.165) is 0 Å². The van der Waals surface area contributed by atoms with Crippen LogP contribution >= 0.6 is 0 Å². The van der Waals surface area contributed by atoms with Crippen LogP contribution < -0.4 is 5.73 Å². The van der Waals surface area contributed by atoms with Crippen molar-refractivity contribution in [3.63, 3.8) is 0 Å². The van der Waals surface area contributed by atoms with Crippen LogP contribution in [0.2, 0.25) is 0 Å². The lowest BCUT2D eigenvalue weighted by atomic mass is 10.1. The van der Waals surface area contributed by atoms with Gasteiger partial charge in [-0.1, -0.05) is 0 Å². The van der Waals surface area contributed by atoms with Crippen LogP contribution in [-0.2, 0) is 4.74 Å². The van der Waals surface area contributed by atoms with E-state index in [9.17, 15) is 0 Å². The molecule has 0 aliphatic carbocycles. The number of hydrogen-bond donors (Lipinski definition) is 3. The minimum atomic E-state index is -1.20. The van der Waals surface area contributed by atoms with E-state index in [1.807, 2.05) is 0 Å². The van der Waals surface area contributed by atoms with Crippen molar-refractivity contribution in [2.75, 3.05) is 6.61 Å². The van der Waals surface area contributed by atoms with E-state index in [0.29, 0.717) is 0 Å². The normalized spacial score (nSPS) is 48.0. The van der Waals surface area contributed by atoms with Crippen molar-refractivity contribution >= 4 is 0 Å². The average molecular weight is 148 g/mol. The molecule has 1 heterocycles. The zero-order chi connectivity index (χ0) is 7.72. The van der Waals surface area contributed by atoms with Gasteiger partial charge in [0.05, 0.1) is 6.61 Å². The summed E-state index contributed by atoms with van der Waals surface area (Å²) in [6.45, 7) is -0.367. The van der Waals surface area contributed by atoms with Crippen LogP contribution in [0, 0.1) is 0 Å². The molecule has 1 aliphatic heterocycles. The Balaban J connectivity index is 2.53. The summed E-state index contributed by atoms with van der Waals surface area (Å²) >= 11 is 0. The predicted octanol–water partition coefficient (Wildman–Crippen LogP) is -2.29. The standard InChI is InChI=1S/C5H10NO4/c6-5-4(9)3(8)2(1-7)10-5/h2-9H,1H2/t2-,3-,4-,5?/m1/s1. The molecule has 4 atom stereocenters. The maximum absolute atomic E-state index is 8.97. The Hall–Kier alpha value is -0.200. The second-order valence-corrected chi connectivity index (χ2v) is 2.26. The second kappa shape index (κ2) is 2.81. The molecule has 1 rings (SSSR count). The van der Waals surface area contributed by atoms with Crippen LogP contribution in [0.5, 0.6) is 0 Å². The Kier molecular flexibility index (Phi) is 2.22. The topological polar surface area (TPSA) is 93.7 Å². The van der Waals surface area contributed by atoms with Crippen LogP contribution in [0.4, 0.5) is 0 Å². The fraction of sp³-hybridized carbons (Fsp3) is 1.00. The zero-order valence-corrected chi connectivity index (χ0v) is 5.27. The first kappa shape index (κ1) is 7.90. The number of hydrogen-bond acceptors (Lipinski definition) is 4. The van der Waals surface area contributed by atoms with E-state index in [1.165, 1.54) is 0 Å². The first-order valence-corrected chi connectivity index (χ1v) is 3.00. The average Bonchev–Trinajstić information content (AvgIpc) is 2.17. The number of nitrogens with one attached hydrogen (secondary N) is 1. The quantitative estimate of drug-likeness (QED) is 0.390. The molecule has 0 aromatic rings. The van der Waals surface area contributed by atoms with E-state index >= 15 is 0 Å². The molecule has 5 heteroatoms. The molecule has 0 aromatic heterocycles. The van der Waals surface area contributed by atoms with Crippen molar-refractivity contribution in [1.82, 2.24) is 5.73 Å². The van der Waals surface area contributed by atoms with E-state index in [2.05, 4.69) is 4.74 Å². The van der Waals surface area contributed by atoms with Crippen molar-refractivity contribution < 1.29 is 20.1 Å². The minimum absolute atomic E-state index is 0.367. The summed E-state index contributed by atoms with van der Waals surface area (Å²) in [5, 5.41) is 26.4. The van der Waals surface area contributed by atoms with Crippen molar-refractivity contribution in [3.8, 4) is 0 Å². The summed E-state index contributed by atoms with van der Waals surface area (Å²) in [7, 11) is 0. The number of rotatable bonds is 1. The molecule has 1 radical (unpaired) electrons. The first-order chi connectivity index (χ1) is 4.66. The van der Waals surface area contributed by atoms with Gasteiger partial charge in [-0.15, -0.1) is 0 Å². The lowest BCUT2D eigenvalue weighted by Crippen LogP contribution is -2.34. The van der Waals surface area contributed by atoms with E-state index in [-0.39, 0.29) is 6.61 Å². The molecule has 1 saturated heterocycles. The Labute approximate surface area is 58.0 Å². The largest absolute Gasteiger partial charge is 0.394 e. The molecule has 5 nitrogen and oxygen atoms in total. The smallest absolute Gasteiger partial charge is 0.149 e. The summed E-state index contributed by atoms with van der Waals surface area (Å²) in [6, 6.07) is 0. The Morgan fingerprint density at radius 2 is 1.90 bits per heavy atom. The molecule has 0 amide bonds. The highest BCUT2D eigenvalue weighted by Crippen LogP contribution is 2.17. The third-order valence-corrected chi connectivity index (χ3v) is 1.54. The van der Waals surface area contributed by atoms with Gasteiger partial charge in [0.2, 0.25) is 0 Å². The molecular weight excluding hydrogens is 138 g/mol. The molecular formula is C5H10NO4. The molecule has 10 heavy (non-hydrogen) atoms. The number of ether oxygens (including phenoxy) is 1. The van der Waals surface area contributed by atoms with Crippen LogP contribution in [-0.4, -0.2) is 46.5 Å². The van der Waals surface area contributed by atoms with Gasteiger partial charge < -0.3 is 20.1 Å². The molecule has 4 N–H and O–H groups in total. The van der Waals surface area contributed by atoms with Crippen LogP contribution in [0.25, 0.3) is 0 Å². The fourth-order valence-corrected chi connectivity index (χ4v) is 0.899. The van der Waals surface area contributed by atoms with Gasteiger partial charge in [0.25, 0.3) is 0 Å². The summed E-state index contributed by atoms with van der Waals surface area (Å²) in [4.78, 5) is 0. The van der Waals surface area contributed by atoms with Gasteiger partial charge in [0, 0.05) is 0 Å². The highest BCUT2D eigenvalue weighted by Gasteiger charge is 2.40. The van der Waals surface area contributed by atoms with Gasteiger partial charge in [0.1, 0.15) is 24.5 Å². The van der Waals surface area contributed by atoms with Gasteiger partial charge in [-0.2, -0.15) is 0 Å². The Morgan fingerprint density at radius 1 is 1.30 bits per heavy atom. The third-order valence-electron chi connectivity index (χ3n) is 1.54. The van der Waals surface area contributed by atoms with Gasteiger partial charge in [0.15, 0.2) is 0 Å². The molecule has 59 valence electrons. The van der Waals surface area contributed by atoms with Crippen molar-refractivity contribution in [2.24, 2.45) is 0 Å². The molecule has 0 saturated carbocycles. The lowest BCUT2D eigenvalue weighted by Gasteiger charge is -2.09. The zero-order valence-electron chi connectivity index (χ0n) is 5.27. The summed E-state index contributed by atoms with van der Waals surface area (Å²) < 4.78 is 4.65. The van der Waals surface area contributed by atoms with Gasteiger partial charge in [-0.25, -0.2) is 5.73 Å². The molecule has 1 fully saturated rings. The predicted molar refractivity (Wildman–Crippen MR) is 30.9 cm³/mol. The maximum Gasteiger partial charge on any atom is 0.149 e. The fourth-order valence-electron chi connectivity index (χ4n) is 0.899. The molecule has 0 spiro atoms. The minimum Gasteiger partial charge on any atom is -0.394 e. The van der Waals surface area contributed by atoms with Crippen LogP contribution in [0.3, 0.4) is 0 Å². The first-order valence-electron chi connectivity index (χ1n) is 3.00. The van der Waals surface area contributed by atoms with Gasteiger partial charge in [-0.3, -0.25) is 0 Å². The summed E-state index contributed by atoms with van der Waals surface area (Å²) in [5.41, 5.74) is 6.96. The van der Waals surface area contributed by atoms with Crippen molar-refractivity contribution in [3.05, 3.63) is 0 Å². The van der Waals surface area contributed by atoms with E-state index in [1.54, 1.807) is 0 Å². The Morgan fingerprint density at radius 3 is 2.10 bits per heavy atom. The van der Waals surface area contributed by atoms with Crippen molar-refractivity contribution in [1.29, 1.82) is 0 Å². The molecule has 1 unspecified atom stereocenters. The molecule has 0 bridgehead atoms.